The maximum absolute atomic E-state index is 2.42. The van der Waals surface area contributed by atoms with Crippen LogP contribution in [0.5, 0.6) is 0 Å². The van der Waals surface area contributed by atoms with Gasteiger partial charge in [0.05, 0.1) is 11.0 Å². The standard InChI is InChI=1S/C50H36N2/c1-50(37-15-5-2-6-16-37)46-23-13-11-21-42(46)43-31-30-41(34-47(43)50)51(38-17-7-3-8-18-38)40-28-25-35(26-29-40)36-27-32-49-45(33-36)44-22-12-14-24-48(44)52(49)39-19-9-4-10-20-39/h2-34H,1H3. The van der Waals surface area contributed by atoms with Crippen LogP contribution in [0.15, 0.2) is 200 Å². The van der Waals surface area contributed by atoms with Crippen LogP contribution in [0.1, 0.15) is 23.6 Å². The zero-order valence-electron chi connectivity index (χ0n) is 28.9. The van der Waals surface area contributed by atoms with Crippen molar-refractivity contribution in [3.63, 3.8) is 0 Å². The Morgan fingerprint density at radius 3 is 1.77 bits per heavy atom. The summed E-state index contributed by atoms with van der Waals surface area (Å²) in [4.78, 5) is 2.38. The van der Waals surface area contributed by atoms with Crippen LogP contribution in [0.25, 0.3) is 49.7 Å². The molecule has 0 amide bonds. The number of aromatic nitrogens is 1. The van der Waals surface area contributed by atoms with Crippen molar-refractivity contribution in [1.82, 2.24) is 4.57 Å². The van der Waals surface area contributed by atoms with E-state index < -0.39 is 0 Å². The first-order chi connectivity index (χ1) is 25.7. The summed E-state index contributed by atoms with van der Waals surface area (Å²) in [5.74, 6) is 0. The summed E-state index contributed by atoms with van der Waals surface area (Å²) in [6, 6.07) is 72.9. The lowest BCUT2D eigenvalue weighted by atomic mass is 9.74. The van der Waals surface area contributed by atoms with Gasteiger partial charge in [-0.15, -0.1) is 0 Å². The molecule has 0 fully saturated rings. The number of fused-ring (bicyclic) bond motifs is 6. The van der Waals surface area contributed by atoms with Crippen LogP contribution in [0.3, 0.4) is 0 Å². The second-order valence-corrected chi connectivity index (χ2v) is 13.9. The van der Waals surface area contributed by atoms with Gasteiger partial charge >= 0.3 is 0 Å². The van der Waals surface area contributed by atoms with Crippen molar-refractivity contribution in [1.29, 1.82) is 0 Å². The quantitative estimate of drug-likeness (QED) is 0.172. The Kier molecular flexibility index (Phi) is 6.97. The predicted octanol–water partition coefficient (Wildman–Crippen LogP) is 13.3. The molecule has 2 heteroatoms. The zero-order valence-corrected chi connectivity index (χ0v) is 28.9. The number of rotatable bonds is 6. The fraction of sp³-hybridized carbons (Fsp3) is 0.0400. The molecule has 0 radical (unpaired) electrons. The van der Waals surface area contributed by atoms with E-state index >= 15 is 0 Å². The SMILES string of the molecule is CC1(c2ccccc2)c2ccccc2-c2ccc(N(c3ccccc3)c3ccc(-c4ccc5c(c4)c4ccccc4n5-c4ccccc4)cc3)cc21. The molecular formula is C50H36N2. The summed E-state index contributed by atoms with van der Waals surface area (Å²) in [6.07, 6.45) is 0. The van der Waals surface area contributed by atoms with Crippen LogP contribution >= 0.6 is 0 Å². The van der Waals surface area contributed by atoms with Gasteiger partial charge in [-0.05, 0) is 113 Å². The number of nitrogens with zero attached hydrogens (tertiary/aromatic N) is 2. The lowest BCUT2D eigenvalue weighted by molar-refractivity contribution is 0.714. The summed E-state index contributed by atoms with van der Waals surface area (Å²) in [7, 11) is 0. The van der Waals surface area contributed by atoms with Gasteiger partial charge in [-0.2, -0.15) is 0 Å². The molecule has 1 aromatic heterocycles. The predicted molar refractivity (Wildman–Crippen MR) is 218 cm³/mol. The topological polar surface area (TPSA) is 8.17 Å². The van der Waals surface area contributed by atoms with Gasteiger partial charge in [0, 0.05) is 38.9 Å². The zero-order chi connectivity index (χ0) is 34.6. The van der Waals surface area contributed by atoms with Crippen LogP contribution in [-0.2, 0) is 5.41 Å². The van der Waals surface area contributed by atoms with Crippen molar-refractivity contribution in [3.05, 3.63) is 217 Å². The van der Waals surface area contributed by atoms with Crippen molar-refractivity contribution >= 4 is 38.9 Å². The van der Waals surface area contributed by atoms with Gasteiger partial charge in [-0.1, -0.05) is 133 Å². The number of hydrogen-bond donors (Lipinski definition) is 0. The molecule has 246 valence electrons. The average Bonchev–Trinajstić information content (AvgIpc) is 3.69. The highest BCUT2D eigenvalue weighted by atomic mass is 15.1. The molecule has 0 bridgehead atoms. The fourth-order valence-corrected chi connectivity index (χ4v) is 8.54. The molecular weight excluding hydrogens is 629 g/mol. The lowest BCUT2D eigenvalue weighted by Gasteiger charge is -2.31. The summed E-state index contributed by atoms with van der Waals surface area (Å²) in [6.45, 7) is 2.38. The monoisotopic (exact) mass is 664 g/mol. The van der Waals surface area contributed by atoms with Crippen molar-refractivity contribution < 1.29 is 0 Å². The molecule has 1 atom stereocenters. The Balaban J connectivity index is 1.08. The highest BCUT2D eigenvalue weighted by Crippen LogP contribution is 2.53. The van der Waals surface area contributed by atoms with Gasteiger partial charge in [-0.25, -0.2) is 0 Å². The molecule has 1 heterocycles. The number of benzene rings is 8. The van der Waals surface area contributed by atoms with Gasteiger partial charge in [-0.3, -0.25) is 0 Å². The second-order valence-electron chi connectivity index (χ2n) is 13.9. The molecule has 0 saturated heterocycles. The molecule has 9 aromatic rings. The molecule has 0 saturated carbocycles. The van der Waals surface area contributed by atoms with Crippen molar-refractivity contribution in [2.75, 3.05) is 4.90 Å². The summed E-state index contributed by atoms with van der Waals surface area (Å²) >= 11 is 0. The summed E-state index contributed by atoms with van der Waals surface area (Å²) in [5.41, 5.74) is 15.7. The van der Waals surface area contributed by atoms with E-state index in [9.17, 15) is 0 Å². The first kappa shape index (κ1) is 30.2. The number of anilines is 3. The summed E-state index contributed by atoms with van der Waals surface area (Å²) < 4.78 is 2.37. The Bertz CT molecular complexity index is 2730. The molecule has 0 N–H and O–H groups in total. The minimum Gasteiger partial charge on any atom is -0.310 e. The highest BCUT2D eigenvalue weighted by molar-refractivity contribution is 6.10. The first-order valence-electron chi connectivity index (χ1n) is 18.0. The van der Waals surface area contributed by atoms with Crippen molar-refractivity contribution in [2.24, 2.45) is 0 Å². The molecule has 1 aliphatic carbocycles. The fourth-order valence-electron chi connectivity index (χ4n) is 8.54. The molecule has 52 heavy (non-hydrogen) atoms. The van der Waals surface area contributed by atoms with Gasteiger partial charge in [0.25, 0.3) is 0 Å². The van der Waals surface area contributed by atoms with E-state index in [0.29, 0.717) is 0 Å². The van der Waals surface area contributed by atoms with Gasteiger partial charge < -0.3 is 9.47 Å². The van der Waals surface area contributed by atoms with Crippen molar-refractivity contribution in [2.45, 2.75) is 12.3 Å². The highest BCUT2D eigenvalue weighted by Gasteiger charge is 2.41. The van der Waals surface area contributed by atoms with Crippen LogP contribution < -0.4 is 4.90 Å². The molecule has 8 aromatic carbocycles. The van der Waals surface area contributed by atoms with E-state index in [1.54, 1.807) is 0 Å². The lowest BCUT2D eigenvalue weighted by Crippen LogP contribution is -2.22. The van der Waals surface area contributed by atoms with Gasteiger partial charge in [0.15, 0.2) is 0 Å². The third kappa shape index (κ3) is 4.65. The Morgan fingerprint density at radius 2 is 0.981 bits per heavy atom. The largest absolute Gasteiger partial charge is 0.310 e. The Labute approximate surface area is 304 Å². The Morgan fingerprint density at radius 1 is 0.404 bits per heavy atom. The van der Waals surface area contributed by atoms with E-state index in [-0.39, 0.29) is 5.41 Å². The summed E-state index contributed by atoms with van der Waals surface area (Å²) in [5, 5.41) is 2.52. The van der Waals surface area contributed by atoms with E-state index in [2.05, 4.69) is 217 Å². The second kappa shape index (κ2) is 12.0. The minimum atomic E-state index is -0.266. The van der Waals surface area contributed by atoms with E-state index in [1.165, 1.54) is 66.4 Å². The van der Waals surface area contributed by atoms with E-state index in [4.69, 9.17) is 0 Å². The van der Waals surface area contributed by atoms with Crippen LogP contribution in [-0.4, -0.2) is 4.57 Å². The normalized spacial score (nSPS) is 14.7. The molecule has 2 nitrogen and oxygen atoms in total. The van der Waals surface area contributed by atoms with Crippen LogP contribution in [0, 0.1) is 0 Å². The van der Waals surface area contributed by atoms with E-state index in [1.807, 2.05) is 0 Å². The molecule has 0 spiro atoms. The number of para-hydroxylation sites is 3. The molecule has 1 aliphatic rings. The van der Waals surface area contributed by atoms with Crippen LogP contribution in [0.4, 0.5) is 17.1 Å². The smallest absolute Gasteiger partial charge is 0.0541 e. The number of hydrogen-bond acceptors (Lipinski definition) is 1. The molecule has 10 rings (SSSR count). The minimum absolute atomic E-state index is 0.266. The average molecular weight is 665 g/mol. The molecule has 0 aliphatic heterocycles. The first-order valence-corrected chi connectivity index (χ1v) is 18.0. The van der Waals surface area contributed by atoms with E-state index in [0.717, 1.165) is 17.1 Å². The van der Waals surface area contributed by atoms with Crippen LogP contribution in [0.2, 0.25) is 0 Å². The maximum atomic E-state index is 2.42. The Hall–Kier alpha value is -6.64. The molecule has 1 unspecified atom stereocenters. The third-order valence-electron chi connectivity index (χ3n) is 11.1. The maximum Gasteiger partial charge on any atom is 0.0541 e. The van der Waals surface area contributed by atoms with Gasteiger partial charge in [0.2, 0.25) is 0 Å². The van der Waals surface area contributed by atoms with Crippen molar-refractivity contribution in [3.8, 4) is 27.9 Å². The van der Waals surface area contributed by atoms with Gasteiger partial charge in [0.1, 0.15) is 0 Å². The third-order valence-corrected chi connectivity index (χ3v) is 11.1.